The molecule has 0 aromatic heterocycles. The zero-order valence-corrected chi connectivity index (χ0v) is 13.6. The normalized spacial score (nSPS) is 10.2. The van der Waals surface area contributed by atoms with Gasteiger partial charge in [0.25, 0.3) is 5.91 Å². The fourth-order valence-electron chi connectivity index (χ4n) is 2.09. The molecule has 0 aliphatic rings. The Morgan fingerprint density at radius 1 is 1.29 bits per heavy atom. The molecular formula is C16H17BrN2O2. The SMILES string of the molecule is COc1ccccc1CN(C)C(=O)c1ccc(Br)cc1N. The molecule has 0 unspecified atom stereocenters. The number of carbonyl (C=O) groups excluding carboxylic acids is 1. The number of benzene rings is 2. The Balaban J connectivity index is 2.19. The Hall–Kier alpha value is -2.01. The summed E-state index contributed by atoms with van der Waals surface area (Å²) in [5.41, 5.74) is 7.81. The predicted octanol–water partition coefficient (Wildman–Crippen LogP) is 3.31. The van der Waals surface area contributed by atoms with Crippen LogP contribution in [-0.2, 0) is 6.54 Å². The number of carbonyl (C=O) groups is 1. The van der Waals surface area contributed by atoms with Crippen molar-refractivity contribution in [2.24, 2.45) is 0 Å². The minimum atomic E-state index is -0.120. The Morgan fingerprint density at radius 2 is 2.00 bits per heavy atom. The molecule has 1 amide bonds. The molecule has 2 rings (SSSR count). The van der Waals surface area contributed by atoms with Crippen molar-refractivity contribution in [2.75, 3.05) is 19.9 Å². The van der Waals surface area contributed by atoms with E-state index in [1.807, 2.05) is 24.3 Å². The first-order valence-corrected chi connectivity index (χ1v) is 7.24. The molecule has 0 saturated heterocycles. The van der Waals surface area contributed by atoms with Crippen molar-refractivity contribution in [3.63, 3.8) is 0 Å². The number of hydrogen-bond donors (Lipinski definition) is 1. The maximum atomic E-state index is 12.5. The summed E-state index contributed by atoms with van der Waals surface area (Å²) in [7, 11) is 3.36. The second-order valence-electron chi connectivity index (χ2n) is 4.70. The number of anilines is 1. The van der Waals surface area contributed by atoms with Crippen molar-refractivity contribution in [1.29, 1.82) is 0 Å². The molecule has 0 heterocycles. The lowest BCUT2D eigenvalue weighted by Crippen LogP contribution is -2.27. The summed E-state index contributed by atoms with van der Waals surface area (Å²) >= 11 is 3.33. The number of amides is 1. The van der Waals surface area contributed by atoms with Crippen molar-refractivity contribution in [1.82, 2.24) is 4.90 Å². The van der Waals surface area contributed by atoms with E-state index in [1.165, 1.54) is 0 Å². The minimum absolute atomic E-state index is 0.120. The van der Waals surface area contributed by atoms with E-state index in [9.17, 15) is 4.79 Å². The minimum Gasteiger partial charge on any atom is -0.496 e. The van der Waals surface area contributed by atoms with Crippen LogP contribution in [0, 0.1) is 0 Å². The van der Waals surface area contributed by atoms with Crippen LogP contribution >= 0.6 is 15.9 Å². The molecule has 0 aliphatic carbocycles. The Bertz CT molecular complexity index is 658. The van der Waals surface area contributed by atoms with Crippen molar-refractivity contribution in [3.05, 3.63) is 58.1 Å². The van der Waals surface area contributed by atoms with Gasteiger partial charge in [0.1, 0.15) is 5.75 Å². The van der Waals surface area contributed by atoms with Gasteiger partial charge in [-0.2, -0.15) is 0 Å². The molecule has 0 bridgehead atoms. The summed E-state index contributed by atoms with van der Waals surface area (Å²) in [6.45, 7) is 0.457. The van der Waals surface area contributed by atoms with E-state index in [0.717, 1.165) is 15.8 Å². The number of hydrogen-bond acceptors (Lipinski definition) is 3. The highest BCUT2D eigenvalue weighted by atomic mass is 79.9. The monoisotopic (exact) mass is 348 g/mol. The highest BCUT2D eigenvalue weighted by Gasteiger charge is 2.16. The molecule has 2 aromatic rings. The molecule has 110 valence electrons. The van der Waals surface area contributed by atoms with Crippen LogP contribution < -0.4 is 10.5 Å². The molecule has 0 spiro atoms. The van der Waals surface area contributed by atoms with E-state index < -0.39 is 0 Å². The van der Waals surface area contributed by atoms with Crippen molar-refractivity contribution in [3.8, 4) is 5.75 Å². The van der Waals surface area contributed by atoms with Gasteiger partial charge in [-0.25, -0.2) is 0 Å². The van der Waals surface area contributed by atoms with Gasteiger partial charge in [0.05, 0.1) is 12.7 Å². The van der Waals surface area contributed by atoms with Crippen LogP contribution in [0.3, 0.4) is 0 Å². The van der Waals surface area contributed by atoms with E-state index in [-0.39, 0.29) is 5.91 Å². The molecule has 0 fully saturated rings. The van der Waals surface area contributed by atoms with Crippen LogP contribution in [0.1, 0.15) is 15.9 Å². The first-order valence-electron chi connectivity index (χ1n) is 6.45. The molecule has 2 N–H and O–H groups in total. The van der Waals surface area contributed by atoms with Crippen LogP contribution in [0.25, 0.3) is 0 Å². The van der Waals surface area contributed by atoms with Crippen LogP contribution in [0.15, 0.2) is 46.9 Å². The number of methoxy groups -OCH3 is 1. The lowest BCUT2D eigenvalue weighted by Gasteiger charge is -2.19. The third-order valence-corrected chi connectivity index (χ3v) is 3.68. The lowest BCUT2D eigenvalue weighted by atomic mass is 10.1. The summed E-state index contributed by atoms with van der Waals surface area (Å²) in [4.78, 5) is 14.1. The molecule has 21 heavy (non-hydrogen) atoms. The van der Waals surface area contributed by atoms with E-state index in [2.05, 4.69) is 15.9 Å². The quantitative estimate of drug-likeness (QED) is 0.862. The summed E-state index contributed by atoms with van der Waals surface area (Å²) in [6.07, 6.45) is 0. The van der Waals surface area contributed by atoms with Crippen molar-refractivity contribution in [2.45, 2.75) is 6.54 Å². The smallest absolute Gasteiger partial charge is 0.255 e. The number of halogens is 1. The fraction of sp³-hybridized carbons (Fsp3) is 0.188. The first-order chi connectivity index (χ1) is 10.0. The molecule has 0 atom stereocenters. The van der Waals surface area contributed by atoms with Crippen LogP contribution in [-0.4, -0.2) is 25.0 Å². The van der Waals surface area contributed by atoms with Gasteiger partial charge in [-0.1, -0.05) is 34.1 Å². The Morgan fingerprint density at radius 3 is 2.67 bits per heavy atom. The van der Waals surface area contributed by atoms with Gasteiger partial charge in [0.15, 0.2) is 0 Å². The second kappa shape index (κ2) is 6.63. The van der Waals surface area contributed by atoms with Crippen molar-refractivity contribution < 1.29 is 9.53 Å². The van der Waals surface area contributed by atoms with E-state index in [0.29, 0.717) is 17.8 Å². The zero-order chi connectivity index (χ0) is 15.4. The number of nitrogens with two attached hydrogens (primary N) is 1. The molecule has 2 aromatic carbocycles. The molecule has 0 radical (unpaired) electrons. The lowest BCUT2D eigenvalue weighted by molar-refractivity contribution is 0.0785. The van der Waals surface area contributed by atoms with Crippen LogP contribution in [0.4, 0.5) is 5.69 Å². The number of nitrogens with zero attached hydrogens (tertiary/aromatic N) is 1. The zero-order valence-electron chi connectivity index (χ0n) is 12.0. The van der Waals surface area contributed by atoms with E-state index in [4.69, 9.17) is 10.5 Å². The summed E-state index contributed by atoms with van der Waals surface area (Å²) in [5, 5.41) is 0. The molecule has 5 heteroatoms. The van der Waals surface area contributed by atoms with E-state index >= 15 is 0 Å². The summed E-state index contributed by atoms with van der Waals surface area (Å²) in [5.74, 6) is 0.645. The number of nitrogen functional groups attached to an aromatic ring is 1. The maximum absolute atomic E-state index is 12.5. The Labute approximate surface area is 132 Å². The first kappa shape index (κ1) is 15.4. The number of ether oxygens (including phenoxy) is 1. The predicted molar refractivity (Wildman–Crippen MR) is 87.3 cm³/mol. The fourth-order valence-corrected chi connectivity index (χ4v) is 2.47. The van der Waals surface area contributed by atoms with Crippen LogP contribution in [0.2, 0.25) is 0 Å². The van der Waals surface area contributed by atoms with Gasteiger partial charge >= 0.3 is 0 Å². The third kappa shape index (κ3) is 3.55. The molecular weight excluding hydrogens is 332 g/mol. The topological polar surface area (TPSA) is 55.6 Å². The van der Waals surface area contributed by atoms with Gasteiger partial charge in [-0.15, -0.1) is 0 Å². The van der Waals surface area contributed by atoms with Crippen LogP contribution in [0.5, 0.6) is 5.75 Å². The van der Waals surface area contributed by atoms with Gasteiger partial charge in [-0.3, -0.25) is 4.79 Å². The average molecular weight is 349 g/mol. The van der Waals surface area contributed by atoms with Gasteiger partial charge < -0.3 is 15.4 Å². The van der Waals surface area contributed by atoms with E-state index in [1.54, 1.807) is 37.3 Å². The van der Waals surface area contributed by atoms with Crippen molar-refractivity contribution >= 4 is 27.5 Å². The summed E-state index contributed by atoms with van der Waals surface area (Å²) < 4.78 is 6.15. The van der Waals surface area contributed by atoms with Gasteiger partial charge in [0.2, 0.25) is 0 Å². The summed E-state index contributed by atoms with van der Waals surface area (Å²) in [6, 6.07) is 12.9. The van der Waals surface area contributed by atoms with Gasteiger partial charge in [0, 0.05) is 29.3 Å². The number of para-hydroxylation sites is 1. The maximum Gasteiger partial charge on any atom is 0.255 e. The largest absolute Gasteiger partial charge is 0.496 e. The molecule has 0 saturated carbocycles. The molecule has 0 aliphatic heterocycles. The third-order valence-electron chi connectivity index (χ3n) is 3.19. The highest BCUT2D eigenvalue weighted by Crippen LogP contribution is 2.22. The average Bonchev–Trinajstić information content (AvgIpc) is 2.47. The van der Waals surface area contributed by atoms with Gasteiger partial charge in [-0.05, 0) is 24.3 Å². The molecule has 4 nitrogen and oxygen atoms in total. The standard InChI is InChI=1S/C16H17BrN2O2/c1-19(10-11-5-3-4-6-15(11)21-2)16(20)13-8-7-12(17)9-14(13)18/h3-9H,10,18H2,1-2H3. The Kier molecular flexibility index (Phi) is 4.85. The highest BCUT2D eigenvalue weighted by molar-refractivity contribution is 9.10. The number of rotatable bonds is 4. The second-order valence-corrected chi connectivity index (χ2v) is 5.62.